The number of rotatable bonds is 8. The smallest absolute Gasteiger partial charge is 0.258 e. The molecular formula is C30H42N2O4. The first-order valence-electron chi connectivity index (χ1n) is 13.0. The standard InChI is InChI=1S/C30H42N2O4/c1-29(2,3)21-11-15-23(16-12-21)35-19-27(33)31-25-9-7-8-10-26(25)32-28(34)20-36-24-17-13-22(14-18-24)30(4,5)6/h11-18,25-26H,7-10,19-20H2,1-6H3,(H,31,33)(H,32,34)/t25-,26-/m1/s1. The van der Waals surface area contributed by atoms with E-state index >= 15 is 0 Å². The number of ether oxygens (including phenoxy) is 2. The predicted molar refractivity (Wildman–Crippen MR) is 144 cm³/mol. The van der Waals surface area contributed by atoms with E-state index in [-0.39, 0.29) is 47.9 Å². The molecule has 6 nitrogen and oxygen atoms in total. The lowest BCUT2D eigenvalue weighted by atomic mass is 9.87. The molecule has 196 valence electrons. The maximum absolute atomic E-state index is 12.6. The second kappa shape index (κ2) is 11.8. The Hall–Kier alpha value is -3.02. The van der Waals surface area contributed by atoms with E-state index in [9.17, 15) is 9.59 Å². The van der Waals surface area contributed by atoms with Crippen LogP contribution < -0.4 is 20.1 Å². The van der Waals surface area contributed by atoms with Crippen LogP contribution >= 0.6 is 0 Å². The number of hydrogen-bond acceptors (Lipinski definition) is 4. The number of amides is 2. The van der Waals surface area contributed by atoms with E-state index in [1.165, 1.54) is 11.1 Å². The van der Waals surface area contributed by atoms with Crippen LogP contribution in [-0.4, -0.2) is 37.1 Å². The molecule has 3 rings (SSSR count). The third-order valence-electron chi connectivity index (χ3n) is 6.64. The highest BCUT2D eigenvalue weighted by molar-refractivity contribution is 5.79. The normalized spacial score (nSPS) is 18.3. The van der Waals surface area contributed by atoms with Crippen LogP contribution in [0.3, 0.4) is 0 Å². The van der Waals surface area contributed by atoms with Crippen LogP contribution in [0.5, 0.6) is 11.5 Å². The Balaban J connectivity index is 1.45. The molecule has 1 saturated carbocycles. The summed E-state index contributed by atoms with van der Waals surface area (Å²) in [5, 5.41) is 6.11. The van der Waals surface area contributed by atoms with Gasteiger partial charge in [-0.25, -0.2) is 0 Å². The monoisotopic (exact) mass is 494 g/mol. The molecule has 0 saturated heterocycles. The summed E-state index contributed by atoms with van der Waals surface area (Å²) in [5.74, 6) is 0.964. The molecule has 0 bridgehead atoms. The molecule has 0 aliphatic heterocycles. The Morgan fingerprint density at radius 1 is 0.667 bits per heavy atom. The van der Waals surface area contributed by atoms with Crippen molar-refractivity contribution < 1.29 is 19.1 Å². The molecule has 36 heavy (non-hydrogen) atoms. The van der Waals surface area contributed by atoms with Gasteiger partial charge in [-0.2, -0.15) is 0 Å². The van der Waals surface area contributed by atoms with Crippen LogP contribution in [-0.2, 0) is 20.4 Å². The van der Waals surface area contributed by atoms with Crippen LogP contribution in [0.25, 0.3) is 0 Å². The third kappa shape index (κ3) is 8.28. The molecular weight excluding hydrogens is 452 g/mol. The van der Waals surface area contributed by atoms with Gasteiger partial charge in [-0.15, -0.1) is 0 Å². The quantitative estimate of drug-likeness (QED) is 0.523. The number of benzene rings is 2. The van der Waals surface area contributed by atoms with Crippen molar-refractivity contribution >= 4 is 11.8 Å². The molecule has 0 spiro atoms. The van der Waals surface area contributed by atoms with Crippen molar-refractivity contribution in [3.63, 3.8) is 0 Å². The Morgan fingerprint density at radius 3 is 1.31 bits per heavy atom. The molecule has 0 heterocycles. The molecule has 2 aromatic rings. The van der Waals surface area contributed by atoms with Gasteiger partial charge in [-0.3, -0.25) is 9.59 Å². The van der Waals surface area contributed by atoms with Crippen molar-refractivity contribution in [3.05, 3.63) is 59.7 Å². The first-order chi connectivity index (χ1) is 16.9. The summed E-state index contributed by atoms with van der Waals surface area (Å²) in [6.45, 7) is 12.8. The predicted octanol–water partition coefficient (Wildman–Crippen LogP) is 5.28. The van der Waals surface area contributed by atoms with E-state index in [4.69, 9.17) is 9.47 Å². The second-order valence-corrected chi connectivity index (χ2v) is 11.8. The molecule has 2 N–H and O–H groups in total. The second-order valence-electron chi connectivity index (χ2n) is 11.8. The van der Waals surface area contributed by atoms with Gasteiger partial charge in [0.25, 0.3) is 11.8 Å². The van der Waals surface area contributed by atoms with Gasteiger partial charge < -0.3 is 20.1 Å². The highest BCUT2D eigenvalue weighted by atomic mass is 16.5. The van der Waals surface area contributed by atoms with Crippen LogP contribution in [0, 0.1) is 0 Å². The van der Waals surface area contributed by atoms with Crippen molar-refractivity contribution in [2.75, 3.05) is 13.2 Å². The third-order valence-corrected chi connectivity index (χ3v) is 6.64. The molecule has 1 fully saturated rings. The van der Waals surface area contributed by atoms with E-state index in [1.807, 2.05) is 48.5 Å². The zero-order valence-corrected chi connectivity index (χ0v) is 22.6. The first kappa shape index (κ1) is 27.6. The Kier molecular flexibility index (Phi) is 9.04. The first-order valence-corrected chi connectivity index (χ1v) is 13.0. The van der Waals surface area contributed by atoms with Crippen LogP contribution in [0.2, 0.25) is 0 Å². The Labute approximate surface area is 216 Å². The van der Waals surface area contributed by atoms with Gasteiger partial charge in [0.05, 0.1) is 0 Å². The molecule has 1 aliphatic rings. The van der Waals surface area contributed by atoms with Gasteiger partial charge in [0.1, 0.15) is 11.5 Å². The van der Waals surface area contributed by atoms with E-state index in [0.29, 0.717) is 11.5 Å². The van der Waals surface area contributed by atoms with Crippen molar-refractivity contribution in [3.8, 4) is 11.5 Å². The van der Waals surface area contributed by atoms with Gasteiger partial charge in [-0.05, 0) is 59.1 Å². The molecule has 0 radical (unpaired) electrons. The van der Waals surface area contributed by atoms with Gasteiger partial charge in [-0.1, -0.05) is 78.6 Å². The van der Waals surface area contributed by atoms with E-state index in [0.717, 1.165) is 25.7 Å². The minimum Gasteiger partial charge on any atom is -0.484 e. The van der Waals surface area contributed by atoms with Gasteiger partial charge in [0.15, 0.2) is 13.2 Å². The van der Waals surface area contributed by atoms with Crippen molar-refractivity contribution in [1.29, 1.82) is 0 Å². The maximum atomic E-state index is 12.6. The SMILES string of the molecule is CC(C)(C)c1ccc(OCC(=O)N[C@@H]2CCCC[C@H]2NC(=O)COc2ccc(C(C)(C)C)cc2)cc1. The molecule has 1 aliphatic carbocycles. The van der Waals surface area contributed by atoms with E-state index < -0.39 is 0 Å². The maximum Gasteiger partial charge on any atom is 0.258 e. The minimum absolute atomic E-state index is 0.0559. The van der Waals surface area contributed by atoms with Crippen molar-refractivity contribution in [1.82, 2.24) is 10.6 Å². The van der Waals surface area contributed by atoms with E-state index in [1.54, 1.807) is 0 Å². The zero-order chi connectivity index (χ0) is 26.3. The fourth-order valence-electron chi connectivity index (χ4n) is 4.37. The van der Waals surface area contributed by atoms with Crippen LogP contribution in [0.4, 0.5) is 0 Å². The average Bonchev–Trinajstić information content (AvgIpc) is 2.82. The van der Waals surface area contributed by atoms with Crippen LogP contribution in [0.1, 0.15) is 78.4 Å². The number of carbonyl (C=O) groups excluding carboxylic acids is 2. The number of carbonyl (C=O) groups is 2. The van der Waals surface area contributed by atoms with Gasteiger partial charge in [0.2, 0.25) is 0 Å². The van der Waals surface area contributed by atoms with Gasteiger partial charge >= 0.3 is 0 Å². The van der Waals surface area contributed by atoms with E-state index in [2.05, 4.69) is 52.2 Å². The Bertz CT molecular complexity index is 918. The molecule has 2 aromatic carbocycles. The molecule has 0 aromatic heterocycles. The lowest BCUT2D eigenvalue weighted by Crippen LogP contribution is -2.54. The lowest BCUT2D eigenvalue weighted by molar-refractivity contribution is -0.127. The largest absolute Gasteiger partial charge is 0.484 e. The summed E-state index contributed by atoms with van der Waals surface area (Å²) in [5.41, 5.74) is 2.56. The summed E-state index contributed by atoms with van der Waals surface area (Å²) < 4.78 is 11.4. The zero-order valence-electron chi connectivity index (χ0n) is 22.6. The fourth-order valence-corrected chi connectivity index (χ4v) is 4.37. The summed E-state index contributed by atoms with van der Waals surface area (Å²) >= 11 is 0. The average molecular weight is 495 g/mol. The molecule has 2 amide bonds. The summed E-state index contributed by atoms with van der Waals surface area (Å²) in [6, 6.07) is 15.5. The highest BCUT2D eigenvalue weighted by Gasteiger charge is 2.28. The molecule has 0 unspecified atom stereocenters. The van der Waals surface area contributed by atoms with Crippen LogP contribution in [0.15, 0.2) is 48.5 Å². The Morgan fingerprint density at radius 2 is 1.00 bits per heavy atom. The van der Waals surface area contributed by atoms with Crippen molar-refractivity contribution in [2.24, 2.45) is 0 Å². The minimum atomic E-state index is -0.184. The summed E-state index contributed by atoms with van der Waals surface area (Å²) in [7, 11) is 0. The number of nitrogens with one attached hydrogen (secondary N) is 2. The fraction of sp³-hybridized carbons (Fsp3) is 0.533. The molecule has 2 atom stereocenters. The molecule has 6 heteroatoms. The lowest BCUT2D eigenvalue weighted by Gasteiger charge is -2.32. The topological polar surface area (TPSA) is 76.7 Å². The highest BCUT2D eigenvalue weighted by Crippen LogP contribution is 2.25. The summed E-state index contributed by atoms with van der Waals surface area (Å²) in [4.78, 5) is 25.2. The summed E-state index contributed by atoms with van der Waals surface area (Å²) in [6.07, 6.45) is 3.68. The number of hydrogen-bond donors (Lipinski definition) is 2. The van der Waals surface area contributed by atoms with Crippen molar-refractivity contribution in [2.45, 2.75) is 90.1 Å². The van der Waals surface area contributed by atoms with Gasteiger partial charge in [0, 0.05) is 12.1 Å².